The molecule has 0 radical (unpaired) electrons. The molecule has 1 fully saturated rings. The maximum Gasteiger partial charge on any atom is 0.210 e. The molecule has 0 saturated heterocycles. The molecule has 1 saturated carbocycles. The highest BCUT2D eigenvalue weighted by atomic mass is 32.2. The fraction of sp³-hybridized carbons (Fsp3) is 0.227. The normalized spacial score (nSPS) is 18.8. The monoisotopic (exact) mass is 451 g/mol. The molecule has 1 unspecified atom stereocenters. The van der Waals surface area contributed by atoms with Crippen molar-refractivity contribution in [2.24, 2.45) is 0 Å². The number of aromatic nitrogens is 4. The van der Waals surface area contributed by atoms with E-state index in [1.807, 2.05) is 0 Å². The largest absolute Gasteiger partial charge is 0.489 e. The van der Waals surface area contributed by atoms with Crippen LogP contribution in [0.25, 0.3) is 16.8 Å². The van der Waals surface area contributed by atoms with Crippen LogP contribution in [0, 0.1) is 5.82 Å². The van der Waals surface area contributed by atoms with Crippen molar-refractivity contribution in [1.29, 1.82) is 0 Å². The highest BCUT2D eigenvalue weighted by Gasteiger charge is 2.49. The lowest BCUT2D eigenvalue weighted by molar-refractivity contribution is 0.318. The van der Waals surface area contributed by atoms with Gasteiger partial charge in [0.05, 0.1) is 4.90 Å². The van der Waals surface area contributed by atoms with Crippen LogP contribution in [-0.2, 0) is 16.4 Å². The first kappa shape index (κ1) is 19.2. The quantitative estimate of drug-likeness (QED) is 0.498. The van der Waals surface area contributed by atoms with Gasteiger partial charge < -0.3 is 10.1 Å². The number of halogens is 1. The third-order valence-electron chi connectivity index (χ3n) is 5.99. The van der Waals surface area contributed by atoms with Gasteiger partial charge in [0.25, 0.3) is 0 Å². The van der Waals surface area contributed by atoms with Crippen LogP contribution in [0.15, 0.2) is 53.8 Å². The Balaban J connectivity index is 1.32. The van der Waals surface area contributed by atoms with E-state index in [2.05, 4.69) is 20.5 Å². The summed E-state index contributed by atoms with van der Waals surface area (Å²) < 4.78 is 45.5. The number of ether oxygens (including phenoxy) is 1. The Morgan fingerprint density at radius 1 is 1.22 bits per heavy atom. The first-order valence-electron chi connectivity index (χ1n) is 10.1. The number of benzene rings is 2. The van der Waals surface area contributed by atoms with Gasteiger partial charge >= 0.3 is 0 Å². The Morgan fingerprint density at radius 3 is 2.81 bits per heavy atom. The molecule has 6 rings (SSSR count). The Hall–Kier alpha value is -3.53. The van der Waals surface area contributed by atoms with Gasteiger partial charge in [-0.1, -0.05) is 12.1 Å². The topological polar surface area (TPSA) is 98.5 Å². The summed E-state index contributed by atoms with van der Waals surface area (Å²) in [6.07, 6.45) is 5.46. The van der Waals surface area contributed by atoms with E-state index < -0.39 is 9.84 Å². The Morgan fingerprint density at radius 2 is 2.03 bits per heavy atom. The number of rotatable bonds is 5. The maximum absolute atomic E-state index is 14.6. The minimum Gasteiger partial charge on any atom is -0.489 e. The fourth-order valence-electron chi connectivity index (χ4n) is 4.28. The zero-order valence-electron chi connectivity index (χ0n) is 17.0. The molecule has 4 aromatic rings. The Bertz CT molecular complexity index is 1480. The molecular formula is C22H18FN5O3S. The third kappa shape index (κ3) is 3.01. The van der Waals surface area contributed by atoms with Crippen LogP contribution in [0.3, 0.4) is 0 Å². The molecule has 32 heavy (non-hydrogen) atoms. The lowest BCUT2D eigenvalue weighted by Gasteiger charge is -2.14. The van der Waals surface area contributed by atoms with Crippen molar-refractivity contribution >= 4 is 21.4 Å². The summed E-state index contributed by atoms with van der Waals surface area (Å²) in [6.45, 7) is 0.254. The molecule has 1 aliphatic carbocycles. The standard InChI is InChI=1S/C22H18FN5O3S/c1-32(29,30)13-4-2-12(3-5-13)15-9-24-22(28-11-26-27-21(15)28)25-10-16-17(23)6-7-18-20(16)14-8-19(14)31-18/h2-7,9,11,14,19H,8,10H2,1H3,(H,24,25)/t14-,19?/m0/s1. The number of nitrogens with zero attached hydrogens (tertiary/aromatic N) is 4. The predicted molar refractivity (Wildman–Crippen MR) is 115 cm³/mol. The number of nitrogens with one attached hydrogen (secondary N) is 1. The molecule has 8 nitrogen and oxygen atoms in total. The molecule has 2 aliphatic rings. The molecule has 1 N–H and O–H groups in total. The van der Waals surface area contributed by atoms with E-state index in [-0.39, 0.29) is 29.3 Å². The van der Waals surface area contributed by atoms with Crippen LogP contribution >= 0.6 is 0 Å². The lowest BCUT2D eigenvalue weighted by Crippen LogP contribution is -2.10. The molecule has 2 atom stereocenters. The van der Waals surface area contributed by atoms with Crippen LogP contribution in [0.1, 0.15) is 23.5 Å². The first-order valence-corrected chi connectivity index (χ1v) is 12.0. The van der Waals surface area contributed by atoms with Gasteiger partial charge in [0.1, 0.15) is 24.0 Å². The van der Waals surface area contributed by atoms with E-state index in [1.165, 1.54) is 18.6 Å². The van der Waals surface area contributed by atoms with Crippen LogP contribution in [0.4, 0.5) is 10.3 Å². The Kier molecular flexibility index (Phi) is 4.03. The van der Waals surface area contributed by atoms with Gasteiger partial charge in [-0.15, -0.1) is 10.2 Å². The van der Waals surface area contributed by atoms with Gasteiger partial charge in [-0.25, -0.2) is 17.8 Å². The minimum absolute atomic E-state index is 0.182. The maximum atomic E-state index is 14.6. The van der Waals surface area contributed by atoms with Crippen molar-refractivity contribution in [2.75, 3.05) is 11.6 Å². The van der Waals surface area contributed by atoms with Gasteiger partial charge in [-0.05, 0) is 36.2 Å². The van der Waals surface area contributed by atoms with E-state index in [4.69, 9.17) is 4.74 Å². The average molecular weight is 451 g/mol. The summed E-state index contributed by atoms with van der Waals surface area (Å²) in [5.41, 5.74) is 3.56. The zero-order valence-corrected chi connectivity index (χ0v) is 17.8. The van der Waals surface area contributed by atoms with Gasteiger partial charge in [-0.3, -0.25) is 4.40 Å². The number of fused-ring (bicyclic) bond motifs is 4. The van der Waals surface area contributed by atoms with Crippen LogP contribution < -0.4 is 10.1 Å². The van der Waals surface area contributed by atoms with Gasteiger partial charge in [-0.2, -0.15) is 0 Å². The van der Waals surface area contributed by atoms with Crippen LogP contribution in [0.2, 0.25) is 0 Å². The SMILES string of the molecule is CS(=O)(=O)c1ccc(-c2cnc(NCc3c(F)ccc4c3[C@H]3CC3O4)n3cnnc23)cc1. The highest BCUT2D eigenvalue weighted by molar-refractivity contribution is 7.90. The van der Waals surface area contributed by atoms with Crippen molar-refractivity contribution in [2.45, 2.75) is 29.9 Å². The zero-order chi connectivity index (χ0) is 22.0. The minimum atomic E-state index is -3.28. The summed E-state index contributed by atoms with van der Waals surface area (Å²) in [4.78, 5) is 4.73. The third-order valence-corrected chi connectivity index (χ3v) is 7.12. The molecule has 0 amide bonds. The molecule has 0 spiro atoms. The second-order valence-electron chi connectivity index (χ2n) is 8.11. The van der Waals surface area contributed by atoms with E-state index in [9.17, 15) is 12.8 Å². The number of hydrogen-bond donors (Lipinski definition) is 1. The van der Waals surface area contributed by atoms with Crippen molar-refractivity contribution in [3.8, 4) is 16.9 Å². The molecule has 1 aliphatic heterocycles. The summed E-state index contributed by atoms with van der Waals surface area (Å²) >= 11 is 0. The lowest BCUT2D eigenvalue weighted by atomic mass is 10.0. The van der Waals surface area contributed by atoms with Crippen molar-refractivity contribution < 1.29 is 17.5 Å². The molecule has 162 valence electrons. The number of anilines is 1. The van der Waals surface area contributed by atoms with Crippen molar-refractivity contribution in [3.63, 3.8) is 0 Å². The molecular weight excluding hydrogens is 433 g/mol. The van der Waals surface area contributed by atoms with Gasteiger partial charge in [0.15, 0.2) is 15.5 Å². The van der Waals surface area contributed by atoms with E-state index in [0.717, 1.165) is 23.3 Å². The molecule has 0 bridgehead atoms. The first-order chi connectivity index (χ1) is 15.4. The fourth-order valence-corrected chi connectivity index (χ4v) is 4.91. The van der Waals surface area contributed by atoms with Crippen LogP contribution in [0.5, 0.6) is 5.75 Å². The van der Waals surface area contributed by atoms with E-state index in [1.54, 1.807) is 40.9 Å². The molecule has 3 heterocycles. The summed E-state index contributed by atoms with van der Waals surface area (Å²) in [7, 11) is -3.28. The highest BCUT2D eigenvalue weighted by Crippen LogP contribution is 2.55. The second kappa shape index (κ2) is 6.73. The molecule has 10 heteroatoms. The van der Waals surface area contributed by atoms with E-state index in [0.29, 0.717) is 22.7 Å². The van der Waals surface area contributed by atoms with Crippen LogP contribution in [-0.4, -0.2) is 40.4 Å². The summed E-state index contributed by atoms with van der Waals surface area (Å²) in [5, 5.41) is 11.4. The van der Waals surface area contributed by atoms with Gasteiger partial charge in [0, 0.05) is 41.6 Å². The van der Waals surface area contributed by atoms with E-state index >= 15 is 0 Å². The number of sulfone groups is 1. The molecule has 2 aromatic heterocycles. The molecule has 2 aromatic carbocycles. The second-order valence-corrected chi connectivity index (χ2v) is 10.1. The number of hydrogen-bond acceptors (Lipinski definition) is 7. The van der Waals surface area contributed by atoms with Crippen molar-refractivity contribution in [1.82, 2.24) is 19.6 Å². The summed E-state index contributed by atoms with van der Waals surface area (Å²) in [6, 6.07) is 9.66. The predicted octanol–water partition coefficient (Wildman–Crippen LogP) is 3.19. The van der Waals surface area contributed by atoms with Gasteiger partial charge in [0.2, 0.25) is 5.95 Å². The smallest absolute Gasteiger partial charge is 0.210 e. The summed E-state index contributed by atoms with van der Waals surface area (Å²) in [5.74, 6) is 1.25. The average Bonchev–Trinajstić information content (AvgIpc) is 3.18. The van der Waals surface area contributed by atoms with Crippen molar-refractivity contribution in [3.05, 3.63) is 65.9 Å². The Labute approximate surface area is 183 Å².